The van der Waals surface area contributed by atoms with Crippen LogP contribution in [0.4, 0.5) is 11.4 Å². The number of furan rings is 1. The monoisotopic (exact) mass is 783 g/mol. The van der Waals surface area contributed by atoms with Crippen LogP contribution in [-0.4, -0.2) is 153 Å². The molecule has 1 saturated heterocycles. The highest BCUT2D eigenvalue weighted by Gasteiger charge is 2.24. The second-order valence-electron chi connectivity index (χ2n) is 12.5. The molecule has 3 heterocycles. The summed E-state index contributed by atoms with van der Waals surface area (Å²) < 4.78 is 23.1. The van der Waals surface area contributed by atoms with Crippen molar-refractivity contribution in [3.05, 3.63) is 53.9 Å². The van der Waals surface area contributed by atoms with Crippen LogP contribution in [0.3, 0.4) is 0 Å². The number of hydrogen-bond donors (Lipinski definition) is 6. The molecule has 0 aliphatic carbocycles. The molecule has 1 aliphatic heterocycles. The molecular weight excluding hydrogens is 746 g/mol. The summed E-state index contributed by atoms with van der Waals surface area (Å²) in [6.45, 7) is -0.659. The van der Waals surface area contributed by atoms with Gasteiger partial charge in [-0.05, 0) is 29.8 Å². The number of fused-ring (bicyclic) bond motifs is 1. The molecule has 6 N–H and O–H groups in total. The van der Waals surface area contributed by atoms with E-state index in [1.165, 1.54) is 18.2 Å². The lowest BCUT2D eigenvalue weighted by atomic mass is 10.1. The van der Waals surface area contributed by atoms with Gasteiger partial charge < -0.3 is 58.7 Å². The zero-order valence-electron chi connectivity index (χ0n) is 29.5. The van der Waals surface area contributed by atoms with Crippen LogP contribution in [-0.2, 0) is 30.5 Å². The maximum absolute atomic E-state index is 11.7. The summed E-state index contributed by atoms with van der Waals surface area (Å²) in [5.74, 6) is -7.98. The van der Waals surface area contributed by atoms with Crippen LogP contribution < -0.4 is 19.3 Å². The zero-order chi connectivity index (χ0) is 40.5. The minimum Gasteiger partial charge on any atom is -0.488 e. The van der Waals surface area contributed by atoms with Crippen molar-refractivity contribution in [3.8, 4) is 23.1 Å². The van der Waals surface area contributed by atoms with Crippen LogP contribution >= 0.6 is 0 Å². The zero-order valence-corrected chi connectivity index (χ0v) is 29.5. The van der Waals surface area contributed by atoms with E-state index in [4.69, 9.17) is 23.4 Å². The average molecular weight is 784 g/mol. The van der Waals surface area contributed by atoms with Crippen LogP contribution in [0, 0.1) is 0 Å². The summed E-state index contributed by atoms with van der Waals surface area (Å²) >= 11 is 0. The summed E-state index contributed by atoms with van der Waals surface area (Å²) in [4.78, 5) is 79.2. The van der Waals surface area contributed by atoms with Crippen molar-refractivity contribution in [2.45, 2.75) is 6.54 Å². The molecule has 0 saturated carbocycles. The van der Waals surface area contributed by atoms with Gasteiger partial charge >= 0.3 is 35.8 Å². The van der Waals surface area contributed by atoms with Gasteiger partial charge in [-0.1, -0.05) is 6.07 Å². The fourth-order valence-corrected chi connectivity index (χ4v) is 6.01. The standard InChI is InChI=1S/C35H37N5O16/c41-29(42)15-38-5-3-37(4-6-38)14-20-1-2-22(39(16-30(43)44)17-31(45)46)25(9-20)53-7-8-54-26-10-21-11-27(34-36-13-28(56-34)35(51)52)55-24(21)12-23(26)40(18-32(47)48)19-33(49)50/h1-2,9-13H,3-8,14-19H2,(H,41,42)(H,43,44)(H,45,46)(H,47,48)(H,49,50)(H,51,52). The molecule has 0 radical (unpaired) electrons. The van der Waals surface area contributed by atoms with Crippen molar-refractivity contribution >= 4 is 58.2 Å². The SMILES string of the molecule is O=C(O)CN1CCN(Cc2ccc(N(CC(=O)O)CC(=O)O)c(OCCOc3cc4cc(-c5ncc(C(=O)O)o5)oc4cc3N(CC(=O)O)CC(=O)O)c2)CC1. The quantitative estimate of drug-likeness (QED) is 0.0651. The average Bonchev–Trinajstić information content (AvgIpc) is 3.77. The fourth-order valence-electron chi connectivity index (χ4n) is 6.01. The Morgan fingerprint density at radius 1 is 0.661 bits per heavy atom. The molecule has 1 aliphatic rings. The summed E-state index contributed by atoms with van der Waals surface area (Å²) in [5.41, 5.74) is 1.06. The minimum atomic E-state index is -1.36. The maximum atomic E-state index is 11.7. The van der Waals surface area contributed by atoms with Gasteiger partial charge in [0.15, 0.2) is 5.76 Å². The first-order valence-corrected chi connectivity index (χ1v) is 16.8. The number of carboxylic acid groups (broad SMARTS) is 6. The number of carboxylic acids is 6. The number of piperazine rings is 1. The molecule has 0 bridgehead atoms. The number of carbonyl (C=O) groups is 6. The molecule has 298 valence electrons. The third kappa shape index (κ3) is 10.9. The van der Waals surface area contributed by atoms with Gasteiger partial charge in [0.25, 0.3) is 5.89 Å². The Labute approximate surface area is 316 Å². The van der Waals surface area contributed by atoms with E-state index < -0.39 is 67.8 Å². The predicted octanol–water partition coefficient (Wildman–Crippen LogP) is 1.40. The first-order valence-electron chi connectivity index (χ1n) is 16.8. The number of ether oxygens (including phenoxy) is 2. The number of anilines is 2. The number of aromatic carboxylic acids is 1. The van der Waals surface area contributed by atoms with E-state index in [0.29, 0.717) is 38.1 Å². The number of rotatable bonds is 21. The second kappa shape index (κ2) is 18.0. The lowest BCUT2D eigenvalue weighted by Crippen LogP contribution is -2.47. The number of oxazole rings is 1. The highest BCUT2D eigenvalue weighted by molar-refractivity contribution is 5.90. The van der Waals surface area contributed by atoms with E-state index in [-0.39, 0.29) is 59.9 Å². The van der Waals surface area contributed by atoms with Crippen LogP contribution in [0.1, 0.15) is 16.1 Å². The Kier molecular flexibility index (Phi) is 12.9. The van der Waals surface area contributed by atoms with Gasteiger partial charge in [0.2, 0.25) is 5.76 Å². The largest absolute Gasteiger partial charge is 0.488 e. The van der Waals surface area contributed by atoms with Gasteiger partial charge in [0.1, 0.15) is 56.5 Å². The maximum Gasteiger partial charge on any atom is 0.373 e. The Morgan fingerprint density at radius 2 is 1.21 bits per heavy atom. The van der Waals surface area contributed by atoms with E-state index in [1.807, 2.05) is 4.90 Å². The van der Waals surface area contributed by atoms with Crippen molar-refractivity contribution in [2.24, 2.45) is 0 Å². The molecule has 0 spiro atoms. The van der Waals surface area contributed by atoms with Crippen molar-refractivity contribution in [3.63, 3.8) is 0 Å². The van der Waals surface area contributed by atoms with Crippen LogP contribution in [0.5, 0.6) is 11.5 Å². The lowest BCUT2D eigenvalue weighted by molar-refractivity contribution is -0.139. The molecule has 0 unspecified atom stereocenters. The first kappa shape index (κ1) is 40.3. The number of aliphatic carboxylic acids is 5. The number of nitrogens with zero attached hydrogens (tertiary/aromatic N) is 5. The second-order valence-corrected chi connectivity index (χ2v) is 12.5. The predicted molar refractivity (Wildman–Crippen MR) is 190 cm³/mol. The number of aromatic nitrogens is 1. The van der Waals surface area contributed by atoms with Gasteiger partial charge in [0.05, 0.1) is 24.1 Å². The molecule has 1 fully saturated rings. The first-order chi connectivity index (χ1) is 26.6. The Bertz CT molecular complexity index is 2070. The Hall–Kier alpha value is -6.87. The van der Waals surface area contributed by atoms with E-state index in [2.05, 4.69) is 9.88 Å². The van der Waals surface area contributed by atoms with Gasteiger partial charge in [0, 0.05) is 44.2 Å². The van der Waals surface area contributed by atoms with E-state index in [9.17, 15) is 54.3 Å². The molecule has 56 heavy (non-hydrogen) atoms. The molecule has 0 atom stereocenters. The van der Waals surface area contributed by atoms with Crippen molar-refractivity contribution in [2.75, 3.05) is 81.9 Å². The van der Waals surface area contributed by atoms with Crippen molar-refractivity contribution in [1.82, 2.24) is 14.8 Å². The molecule has 4 aromatic rings. The van der Waals surface area contributed by atoms with E-state index in [0.717, 1.165) is 21.6 Å². The molecule has 2 aromatic heterocycles. The molecular formula is C35H37N5O16. The fraction of sp³-hybridized carbons (Fsp3) is 0.343. The third-order valence-electron chi connectivity index (χ3n) is 8.36. The Morgan fingerprint density at radius 3 is 1.75 bits per heavy atom. The highest BCUT2D eigenvalue weighted by Crippen LogP contribution is 2.37. The summed E-state index contributed by atoms with van der Waals surface area (Å²) in [7, 11) is 0. The van der Waals surface area contributed by atoms with Crippen molar-refractivity contribution in [1.29, 1.82) is 0 Å². The smallest absolute Gasteiger partial charge is 0.373 e. The molecule has 21 heteroatoms. The number of benzene rings is 2. The van der Waals surface area contributed by atoms with Gasteiger partial charge in [-0.2, -0.15) is 0 Å². The van der Waals surface area contributed by atoms with Gasteiger partial charge in [-0.3, -0.25) is 33.8 Å². The van der Waals surface area contributed by atoms with E-state index >= 15 is 0 Å². The highest BCUT2D eigenvalue weighted by atomic mass is 16.5. The van der Waals surface area contributed by atoms with E-state index in [1.54, 1.807) is 18.2 Å². The summed E-state index contributed by atoms with van der Waals surface area (Å²) in [5, 5.41) is 56.8. The minimum absolute atomic E-state index is 0.0158. The Balaban J connectivity index is 1.40. The van der Waals surface area contributed by atoms with Crippen LogP contribution in [0.2, 0.25) is 0 Å². The normalized spacial score (nSPS) is 13.3. The number of hydrogen-bond acceptors (Lipinski definition) is 15. The van der Waals surface area contributed by atoms with Gasteiger partial charge in [-0.15, -0.1) is 0 Å². The molecule has 5 rings (SSSR count). The molecule has 2 aromatic carbocycles. The topological polar surface area (TPSA) is 294 Å². The third-order valence-corrected chi connectivity index (χ3v) is 8.36. The molecule has 21 nitrogen and oxygen atoms in total. The summed E-state index contributed by atoms with van der Waals surface area (Å²) in [6.07, 6.45) is 0.987. The van der Waals surface area contributed by atoms with Crippen LogP contribution in [0.15, 0.2) is 51.4 Å². The molecule has 0 amide bonds. The van der Waals surface area contributed by atoms with Gasteiger partial charge in [-0.25, -0.2) is 9.78 Å². The summed E-state index contributed by atoms with van der Waals surface area (Å²) in [6, 6.07) is 9.14. The lowest BCUT2D eigenvalue weighted by Gasteiger charge is -2.34. The van der Waals surface area contributed by atoms with Crippen LogP contribution in [0.25, 0.3) is 22.6 Å². The van der Waals surface area contributed by atoms with Crippen molar-refractivity contribution < 1.29 is 77.7 Å².